The van der Waals surface area contributed by atoms with E-state index in [9.17, 15) is 0 Å². The highest BCUT2D eigenvalue weighted by Gasteiger charge is 2.17. The van der Waals surface area contributed by atoms with Crippen LogP contribution in [0.3, 0.4) is 0 Å². The third-order valence-electron chi connectivity index (χ3n) is 4.46. The number of likely N-dealkylation sites (N-methyl/N-ethyl adjacent to an activating group) is 1. The lowest BCUT2D eigenvalue weighted by Crippen LogP contribution is -2.43. The van der Waals surface area contributed by atoms with Gasteiger partial charge in [0, 0.05) is 40.7 Å². The topological polar surface area (TPSA) is 31.1 Å². The Kier molecular flexibility index (Phi) is 4.99. The maximum atomic E-state index is 3.65. The Morgan fingerprint density at radius 2 is 2.24 bits per heavy atom. The van der Waals surface area contributed by atoms with Gasteiger partial charge in [0.2, 0.25) is 0 Å². The molecule has 0 aliphatic carbocycles. The lowest BCUT2D eigenvalue weighted by atomic mass is 10.0. The number of halogens is 1. The van der Waals surface area contributed by atoms with E-state index in [-0.39, 0.29) is 0 Å². The minimum Gasteiger partial charge on any atom is -0.361 e. The maximum absolute atomic E-state index is 3.65. The van der Waals surface area contributed by atoms with Gasteiger partial charge in [-0.05, 0) is 49.7 Å². The van der Waals surface area contributed by atoms with Gasteiger partial charge >= 0.3 is 0 Å². The van der Waals surface area contributed by atoms with E-state index in [1.54, 1.807) is 0 Å². The van der Waals surface area contributed by atoms with E-state index in [4.69, 9.17) is 0 Å². The number of rotatable bonds is 5. The molecule has 21 heavy (non-hydrogen) atoms. The molecule has 3 nitrogen and oxygen atoms in total. The first kappa shape index (κ1) is 15.1. The molecule has 1 aromatic carbocycles. The van der Waals surface area contributed by atoms with Crippen LogP contribution in [0, 0.1) is 0 Å². The summed E-state index contributed by atoms with van der Waals surface area (Å²) >= 11 is 3.58. The van der Waals surface area contributed by atoms with E-state index in [1.807, 2.05) is 0 Å². The van der Waals surface area contributed by atoms with Crippen molar-refractivity contribution in [1.29, 1.82) is 0 Å². The van der Waals surface area contributed by atoms with E-state index < -0.39 is 0 Å². The molecule has 0 saturated carbocycles. The summed E-state index contributed by atoms with van der Waals surface area (Å²) in [5.41, 5.74) is 2.61. The molecule has 2 aromatic rings. The Morgan fingerprint density at radius 3 is 3.00 bits per heavy atom. The molecule has 4 heteroatoms. The molecule has 2 heterocycles. The fourth-order valence-electron chi connectivity index (χ4n) is 3.22. The molecule has 0 amide bonds. The first-order chi connectivity index (χ1) is 10.3. The average molecular weight is 350 g/mol. The predicted molar refractivity (Wildman–Crippen MR) is 92.6 cm³/mol. The number of aromatic nitrogens is 1. The van der Waals surface area contributed by atoms with Crippen molar-refractivity contribution in [1.82, 2.24) is 15.2 Å². The van der Waals surface area contributed by atoms with Crippen LogP contribution in [0.1, 0.15) is 31.7 Å². The zero-order valence-corrected chi connectivity index (χ0v) is 14.2. The third-order valence-corrected chi connectivity index (χ3v) is 4.95. The number of nitrogens with zero attached hydrogens (tertiary/aromatic N) is 1. The van der Waals surface area contributed by atoms with Crippen molar-refractivity contribution >= 4 is 26.8 Å². The molecule has 3 rings (SSSR count). The number of benzene rings is 1. The molecule has 1 aliphatic heterocycles. The standard InChI is InChI=1S/C17H24BrN3/c1-2-21(12-15-5-3-4-8-19-15)11-13-10-20-17-7-6-14(18)9-16(13)17/h6-7,9-10,15,19-20H,2-5,8,11-12H2,1H3. The van der Waals surface area contributed by atoms with Crippen LogP contribution >= 0.6 is 15.9 Å². The summed E-state index contributed by atoms with van der Waals surface area (Å²) in [7, 11) is 0. The molecular formula is C17H24BrN3. The third kappa shape index (κ3) is 3.68. The summed E-state index contributed by atoms with van der Waals surface area (Å²) < 4.78 is 1.15. The number of H-pyrrole nitrogens is 1. The van der Waals surface area contributed by atoms with E-state index in [2.05, 4.69) is 62.5 Å². The Morgan fingerprint density at radius 1 is 1.33 bits per heavy atom. The fraction of sp³-hybridized carbons (Fsp3) is 0.529. The highest BCUT2D eigenvalue weighted by molar-refractivity contribution is 9.10. The van der Waals surface area contributed by atoms with Gasteiger partial charge in [0.15, 0.2) is 0 Å². The summed E-state index contributed by atoms with van der Waals surface area (Å²) in [5.74, 6) is 0. The van der Waals surface area contributed by atoms with Crippen molar-refractivity contribution in [3.63, 3.8) is 0 Å². The quantitative estimate of drug-likeness (QED) is 0.857. The highest BCUT2D eigenvalue weighted by atomic mass is 79.9. The number of aromatic amines is 1. The van der Waals surface area contributed by atoms with Gasteiger partial charge in [0.25, 0.3) is 0 Å². The Balaban J connectivity index is 1.71. The normalized spacial score (nSPS) is 19.5. The van der Waals surface area contributed by atoms with Crippen molar-refractivity contribution in [2.24, 2.45) is 0 Å². The van der Waals surface area contributed by atoms with Gasteiger partial charge in [-0.25, -0.2) is 0 Å². The van der Waals surface area contributed by atoms with Crippen LogP contribution in [0.15, 0.2) is 28.9 Å². The molecule has 0 bridgehead atoms. The van der Waals surface area contributed by atoms with Crippen LogP contribution < -0.4 is 5.32 Å². The SMILES string of the molecule is CCN(Cc1c[nH]c2ccc(Br)cc12)CC1CCCCN1. The summed E-state index contributed by atoms with van der Waals surface area (Å²) in [6.45, 7) is 6.71. The number of hydrogen-bond acceptors (Lipinski definition) is 2. The lowest BCUT2D eigenvalue weighted by molar-refractivity contribution is 0.227. The van der Waals surface area contributed by atoms with Crippen LogP contribution in [0.25, 0.3) is 10.9 Å². The molecule has 2 N–H and O–H groups in total. The Bertz CT molecular complexity index is 587. The second-order valence-electron chi connectivity index (χ2n) is 5.98. The number of fused-ring (bicyclic) bond motifs is 1. The molecule has 1 fully saturated rings. The monoisotopic (exact) mass is 349 g/mol. The van der Waals surface area contributed by atoms with Crippen molar-refractivity contribution in [2.45, 2.75) is 38.8 Å². The van der Waals surface area contributed by atoms with Crippen LogP contribution in [0.5, 0.6) is 0 Å². The number of piperidine rings is 1. The Hall–Kier alpha value is -0.840. The lowest BCUT2D eigenvalue weighted by Gasteiger charge is -2.29. The second kappa shape index (κ2) is 6.95. The molecule has 1 atom stereocenters. The van der Waals surface area contributed by atoms with Crippen LogP contribution in [0.2, 0.25) is 0 Å². The molecular weight excluding hydrogens is 326 g/mol. The van der Waals surface area contributed by atoms with Gasteiger partial charge in [-0.2, -0.15) is 0 Å². The largest absolute Gasteiger partial charge is 0.361 e. The molecule has 1 aromatic heterocycles. The van der Waals surface area contributed by atoms with Crippen LogP contribution in [-0.4, -0.2) is 35.6 Å². The number of nitrogens with one attached hydrogen (secondary N) is 2. The van der Waals surface area contributed by atoms with E-state index in [0.29, 0.717) is 6.04 Å². The number of hydrogen-bond donors (Lipinski definition) is 2. The first-order valence-corrected chi connectivity index (χ1v) is 8.77. The van der Waals surface area contributed by atoms with E-state index in [0.717, 1.165) is 24.1 Å². The van der Waals surface area contributed by atoms with Crippen LogP contribution in [-0.2, 0) is 6.54 Å². The predicted octanol–water partition coefficient (Wildman–Crippen LogP) is 3.89. The molecule has 1 saturated heterocycles. The summed E-state index contributed by atoms with van der Waals surface area (Å²) in [5, 5.41) is 4.99. The van der Waals surface area contributed by atoms with E-state index >= 15 is 0 Å². The van der Waals surface area contributed by atoms with Crippen molar-refractivity contribution in [3.05, 3.63) is 34.4 Å². The second-order valence-corrected chi connectivity index (χ2v) is 6.89. The van der Waals surface area contributed by atoms with Crippen molar-refractivity contribution in [3.8, 4) is 0 Å². The zero-order valence-electron chi connectivity index (χ0n) is 12.7. The van der Waals surface area contributed by atoms with Gasteiger partial charge in [-0.3, -0.25) is 4.90 Å². The Labute approximate surface area is 135 Å². The minimum atomic E-state index is 0.663. The van der Waals surface area contributed by atoms with Gasteiger partial charge in [-0.15, -0.1) is 0 Å². The fourth-order valence-corrected chi connectivity index (χ4v) is 3.58. The summed E-state index contributed by atoms with van der Waals surface area (Å²) in [6.07, 6.45) is 6.18. The molecule has 0 spiro atoms. The molecule has 0 radical (unpaired) electrons. The van der Waals surface area contributed by atoms with Crippen molar-refractivity contribution in [2.75, 3.05) is 19.6 Å². The van der Waals surface area contributed by atoms with Gasteiger partial charge < -0.3 is 10.3 Å². The van der Waals surface area contributed by atoms with Gasteiger partial charge in [-0.1, -0.05) is 29.3 Å². The van der Waals surface area contributed by atoms with Gasteiger partial charge in [0.05, 0.1) is 0 Å². The molecule has 1 aliphatic rings. The molecule has 1 unspecified atom stereocenters. The maximum Gasteiger partial charge on any atom is 0.0458 e. The zero-order chi connectivity index (χ0) is 14.7. The van der Waals surface area contributed by atoms with Crippen LogP contribution in [0.4, 0.5) is 0 Å². The summed E-state index contributed by atoms with van der Waals surface area (Å²) in [4.78, 5) is 5.93. The highest BCUT2D eigenvalue weighted by Crippen LogP contribution is 2.24. The van der Waals surface area contributed by atoms with E-state index in [1.165, 1.54) is 42.3 Å². The van der Waals surface area contributed by atoms with Gasteiger partial charge in [0.1, 0.15) is 0 Å². The minimum absolute atomic E-state index is 0.663. The first-order valence-electron chi connectivity index (χ1n) is 7.97. The smallest absolute Gasteiger partial charge is 0.0458 e. The average Bonchev–Trinajstić information content (AvgIpc) is 2.90. The molecule has 114 valence electrons. The van der Waals surface area contributed by atoms with Crippen molar-refractivity contribution < 1.29 is 0 Å². The summed E-state index contributed by atoms with van der Waals surface area (Å²) in [6, 6.07) is 7.11.